The van der Waals surface area contributed by atoms with Crippen molar-refractivity contribution in [1.82, 2.24) is 9.97 Å². The zero-order valence-corrected chi connectivity index (χ0v) is 13.7. The Hall–Kier alpha value is -1.20. The number of aryl methyl sites for hydroxylation is 1. The third-order valence-corrected chi connectivity index (χ3v) is 4.43. The van der Waals surface area contributed by atoms with Crippen LogP contribution in [-0.4, -0.2) is 23.6 Å². The summed E-state index contributed by atoms with van der Waals surface area (Å²) in [5.74, 6) is 2.03. The summed E-state index contributed by atoms with van der Waals surface area (Å²) in [5, 5.41) is 4.29. The molecule has 0 saturated carbocycles. The second kappa shape index (κ2) is 6.50. The monoisotopic (exact) mass is 293 g/mol. The molecule has 0 amide bonds. The highest BCUT2D eigenvalue weighted by atomic mass is 32.1. The number of fused-ring (bicyclic) bond motifs is 1. The van der Waals surface area contributed by atoms with E-state index in [2.05, 4.69) is 37.1 Å². The Bertz CT molecular complexity index is 580. The van der Waals surface area contributed by atoms with Gasteiger partial charge in [-0.15, -0.1) is 11.3 Å². The van der Waals surface area contributed by atoms with Crippen LogP contribution in [-0.2, 0) is 11.2 Å². The van der Waals surface area contributed by atoms with Crippen molar-refractivity contribution in [1.29, 1.82) is 0 Å². The van der Waals surface area contributed by atoms with Gasteiger partial charge < -0.3 is 10.1 Å². The summed E-state index contributed by atoms with van der Waals surface area (Å²) in [4.78, 5) is 11.8. The standard InChI is InChI=1S/C15H23N3OS/c1-6-10-8-11-13(16-5)17-14(18-15(11)20-10)12(9(3)4)19-7-2/h8-9,12H,6-7H2,1-5H3,(H,16,17,18). The first-order valence-corrected chi connectivity index (χ1v) is 8.02. The van der Waals surface area contributed by atoms with Crippen LogP contribution in [0, 0.1) is 5.92 Å². The molecule has 1 N–H and O–H groups in total. The topological polar surface area (TPSA) is 47.0 Å². The van der Waals surface area contributed by atoms with Gasteiger partial charge in [0.2, 0.25) is 0 Å². The van der Waals surface area contributed by atoms with Crippen molar-refractivity contribution in [3.05, 3.63) is 16.8 Å². The number of nitrogens with zero attached hydrogens (tertiary/aromatic N) is 2. The Morgan fingerprint density at radius 3 is 2.60 bits per heavy atom. The van der Waals surface area contributed by atoms with E-state index in [1.54, 1.807) is 11.3 Å². The largest absolute Gasteiger partial charge is 0.372 e. The maximum absolute atomic E-state index is 5.82. The van der Waals surface area contributed by atoms with Gasteiger partial charge in [0.05, 0.1) is 5.39 Å². The van der Waals surface area contributed by atoms with E-state index in [0.717, 1.165) is 28.3 Å². The van der Waals surface area contributed by atoms with Gasteiger partial charge >= 0.3 is 0 Å². The molecule has 2 aromatic heterocycles. The summed E-state index contributed by atoms with van der Waals surface area (Å²) in [6.45, 7) is 9.11. The van der Waals surface area contributed by atoms with Crippen LogP contribution < -0.4 is 5.32 Å². The predicted molar refractivity (Wildman–Crippen MR) is 85.5 cm³/mol. The van der Waals surface area contributed by atoms with Crippen LogP contribution in [0.1, 0.15) is 44.5 Å². The summed E-state index contributed by atoms with van der Waals surface area (Å²) >= 11 is 1.74. The number of rotatable bonds is 6. The van der Waals surface area contributed by atoms with Crippen LogP contribution >= 0.6 is 11.3 Å². The third kappa shape index (κ3) is 2.94. The molecule has 0 bridgehead atoms. The van der Waals surface area contributed by atoms with Gasteiger partial charge in [0.15, 0.2) is 5.82 Å². The van der Waals surface area contributed by atoms with Crippen molar-refractivity contribution in [3.63, 3.8) is 0 Å². The lowest BCUT2D eigenvalue weighted by Crippen LogP contribution is -2.15. The van der Waals surface area contributed by atoms with Gasteiger partial charge in [0.25, 0.3) is 0 Å². The second-order valence-corrected chi connectivity index (χ2v) is 6.20. The molecule has 1 unspecified atom stereocenters. The minimum absolute atomic E-state index is 0.0522. The van der Waals surface area contributed by atoms with Crippen LogP contribution in [0.2, 0.25) is 0 Å². The average molecular weight is 293 g/mol. The van der Waals surface area contributed by atoms with Crippen molar-refractivity contribution < 1.29 is 4.74 Å². The molecule has 2 heterocycles. The van der Waals surface area contributed by atoms with E-state index in [0.29, 0.717) is 12.5 Å². The van der Waals surface area contributed by atoms with E-state index in [1.165, 1.54) is 4.88 Å². The number of anilines is 1. The second-order valence-electron chi connectivity index (χ2n) is 5.09. The zero-order valence-electron chi connectivity index (χ0n) is 12.9. The molecule has 0 spiro atoms. The third-order valence-electron chi connectivity index (χ3n) is 3.25. The first-order chi connectivity index (χ1) is 9.60. The number of ether oxygens (including phenoxy) is 1. The lowest BCUT2D eigenvalue weighted by Gasteiger charge is -2.20. The molecule has 0 aliphatic carbocycles. The summed E-state index contributed by atoms with van der Waals surface area (Å²) < 4.78 is 5.82. The van der Waals surface area contributed by atoms with Gasteiger partial charge in [-0.3, -0.25) is 0 Å². The summed E-state index contributed by atoms with van der Waals surface area (Å²) in [5.41, 5.74) is 0. The predicted octanol–water partition coefficient (Wildman–Crippen LogP) is 4.03. The molecule has 5 heteroatoms. The van der Waals surface area contributed by atoms with E-state index in [9.17, 15) is 0 Å². The highest BCUT2D eigenvalue weighted by molar-refractivity contribution is 7.18. The van der Waals surface area contributed by atoms with Gasteiger partial charge in [-0.05, 0) is 25.3 Å². The van der Waals surface area contributed by atoms with E-state index in [-0.39, 0.29) is 6.10 Å². The van der Waals surface area contributed by atoms with Crippen molar-refractivity contribution in [2.75, 3.05) is 19.0 Å². The maximum Gasteiger partial charge on any atom is 0.161 e. The lowest BCUT2D eigenvalue weighted by atomic mass is 10.1. The maximum atomic E-state index is 5.82. The fourth-order valence-corrected chi connectivity index (χ4v) is 3.20. The van der Waals surface area contributed by atoms with E-state index in [4.69, 9.17) is 9.72 Å². The first kappa shape index (κ1) is 15.2. The number of nitrogens with one attached hydrogen (secondary N) is 1. The Labute approximate surface area is 124 Å². The number of thiophene rings is 1. The molecule has 20 heavy (non-hydrogen) atoms. The van der Waals surface area contributed by atoms with Crippen molar-refractivity contribution in [2.24, 2.45) is 5.92 Å². The Morgan fingerprint density at radius 1 is 1.30 bits per heavy atom. The normalized spacial score (nSPS) is 13.1. The molecule has 0 aliphatic heterocycles. The Balaban J connectivity index is 2.53. The summed E-state index contributed by atoms with van der Waals surface area (Å²) in [6, 6.07) is 2.18. The Kier molecular flexibility index (Phi) is 4.94. The molecule has 0 aromatic carbocycles. The molecule has 110 valence electrons. The van der Waals surface area contributed by atoms with Crippen molar-refractivity contribution in [2.45, 2.75) is 40.2 Å². The van der Waals surface area contributed by atoms with Crippen LogP contribution in [0.4, 0.5) is 5.82 Å². The molecule has 0 radical (unpaired) electrons. The molecule has 4 nitrogen and oxygen atoms in total. The lowest BCUT2D eigenvalue weighted by molar-refractivity contribution is 0.0236. The van der Waals surface area contributed by atoms with Gasteiger partial charge in [0.1, 0.15) is 16.8 Å². The minimum atomic E-state index is -0.0522. The quantitative estimate of drug-likeness (QED) is 0.873. The van der Waals surface area contributed by atoms with E-state index >= 15 is 0 Å². The summed E-state index contributed by atoms with van der Waals surface area (Å²) in [6.07, 6.45) is 0.974. The van der Waals surface area contributed by atoms with E-state index in [1.807, 2.05) is 14.0 Å². The number of aromatic nitrogens is 2. The van der Waals surface area contributed by atoms with Gasteiger partial charge in [0, 0.05) is 18.5 Å². The van der Waals surface area contributed by atoms with Crippen LogP contribution in [0.5, 0.6) is 0 Å². The van der Waals surface area contributed by atoms with Gasteiger partial charge in [-0.2, -0.15) is 0 Å². The van der Waals surface area contributed by atoms with E-state index < -0.39 is 0 Å². The SMILES string of the molecule is CCOC(c1nc(NC)c2cc(CC)sc2n1)C(C)C. The van der Waals surface area contributed by atoms with Crippen LogP contribution in [0.3, 0.4) is 0 Å². The van der Waals surface area contributed by atoms with Crippen LogP contribution in [0.25, 0.3) is 10.2 Å². The molecule has 2 aromatic rings. The van der Waals surface area contributed by atoms with Crippen molar-refractivity contribution in [3.8, 4) is 0 Å². The number of hydrogen-bond acceptors (Lipinski definition) is 5. The smallest absolute Gasteiger partial charge is 0.161 e. The molecular formula is C15H23N3OS. The fraction of sp³-hybridized carbons (Fsp3) is 0.600. The highest BCUT2D eigenvalue weighted by Crippen LogP contribution is 2.32. The Morgan fingerprint density at radius 2 is 2.05 bits per heavy atom. The molecular weight excluding hydrogens is 270 g/mol. The highest BCUT2D eigenvalue weighted by Gasteiger charge is 2.21. The molecule has 0 saturated heterocycles. The fourth-order valence-electron chi connectivity index (χ4n) is 2.22. The molecule has 0 fully saturated rings. The van der Waals surface area contributed by atoms with Gasteiger partial charge in [-0.1, -0.05) is 20.8 Å². The first-order valence-electron chi connectivity index (χ1n) is 7.20. The molecule has 0 aliphatic rings. The van der Waals surface area contributed by atoms with Gasteiger partial charge in [-0.25, -0.2) is 9.97 Å². The zero-order chi connectivity index (χ0) is 14.7. The van der Waals surface area contributed by atoms with Crippen molar-refractivity contribution >= 4 is 27.4 Å². The van der Waals surface area contributed by atoms with Crippen LogP contribution in [0.15, 0.2) is 6.07 Å². The minimum Gasteiger partial charge on any atom is -0.372 e. The number of hydrogen-bond donors (Lipinski definition) is 1. The molecule has 1 atom stereocenters. The average Bonchev–Trinajstić information content (AvgIpc) is 2.86. The summed E-state index contributed by atoms with van der Waals surface area (Å²) in [7, 11) is 1.90. The molecule has 2 rings (SSSR count).